The van der Waals surface area contributed by atoms with E-state index in [0.29, 0.717) is 6.54 Å². The first kappa shape index (κ1) is 15.7. The summed E-state index contributed by atoms with van der Waals surface area (Å²) in [6, 6.07) is 10.3. The quantitative estimate of drug-likeness (QED) is 0.816. The maximum atomic E-state index is 12.3. The maximum Gasteiger partial charge on any atom is 0.267 e. The van der Waals surface area contributed by atoms with Gasteiger partial charge in [0, 0.05) is 19.7 Å². The average molecular weight is 326 g/mol. The van der Waals surface area contributed by atoms with Crippen LogP contribution in [0, 0.1) is 0 Å². The molecule has 1 aromatic carbocycles. The minimum Gasteiger partial charge on any atom is -0.368 e. The van der Waals surface area contributed by atoms with Gasteiger partial charge in [-0.05, 0) is 18.2 Å². The van der Waals surface area contributed by atoms with E-state index in [1.54, 1.807) is 17.9 Å². The number of benzene rings is 1. The molecule has 8 nitrogen and oxygen atoms in total. The zero-order chi connectivity index (χ0) is 17.1. The second-order valence-electron chi connectivity index (χ2n) is 5.48. The highest BCUT2D eigenvalue weighted by Crippen LogP contribution is 2.24. The van der Waals surface area contributed by atoms with Crippen LogP contribution < -0.4 is 16.1 Å². The van der Waals surface area contributed by atoms with E-state index in [1.807, 2.05) is 36.4 Å². The molecule has 2 heterocycles. The fourth-order valence-corrected chi connectivity index (χ4v) is 2.54. The first-order valence-electron chi connectivity index (χ1n) is 7.52. The van der Waals surface area contributed by atoms with Crippen LogP contribution in [0.2, 0.25) is 0 Å². The van der Waals surface area contributed by atoms with Crippen molar-refractivity contribution in [2.75, 3.05) is 5.01 Å². The van der Waals surface area contributed by atoms with Crippen molar-refractivity contribution in [2.45, 2.75) is 19.0 Å². The Morgan fingerprint density at radius 1 is 1.29 bits per heavy atom. The molecule has 0 aliphatic carbocycles. The Bertz CT molecular complexity index is 783. The molecule has 0 fully saturated rings. The molecular weight excluding hydrogens is 308 g/mol. The van der Waals surface area contributed by atoms with Crippen molar-refractivity contribution >= 4 is 23.2 Å². The summed E-state index contributed by atoms with van der Waals surface area (Å²) in [5, 5.41) is 12.6. The Hall–Kier alpha value is -3.16. The van der Waals surface area contributed by atoms with Crippen molar-refractivity contribution in [2.24, 2.45) is 17.9 Å². The molecule has 3 rings (SSSR count). The molecule has 0 saturated heterocycles. The Labute approximate surface area is 138 Å². The number of nitrogens with zero attached hydrogens (tertiary/aromatic N) is 4. The normalized spacial score (nSPS) is 16.8. The predicted octanol–water partition coefficient (Wildman–Crippen LogP) is 0.156. The number of amides is 2. The molecule has 0 saturated carbocycles. The van der Waals surface area contributed by atoms with Crippen molar-refractivity contribution in [3.63, 3.8) is 0 Å². The fourth-order valence-electron chi connectivity index (χ4n) is 2.54. The number of anilines is 1. The Morgan fingerprint density at radius 2 is 2.04 bits per heavy atom. The first-order valence-corrected chi connectivity index (χ1v) is 7.52. The van der Waals surface area contributed by atoms with Crippen molar-refractivity contribution in [3.8, 4) is 0 Å². The lowest BCUT2D eigenvalue weighted by Crippen LogP contribution is -2.39. The standard InChI is InChI=1S/C16H18N6O2/c1-21-12(7-8-19-21)10-18-16(24)13-9-14(15(17)23)22(20-13)11-5-3-2-4-6-11/h2-8,14H,9-10H2,1H3,(H2,17,23)(H,18,24)/t14-/m1/s1. The summed E-state index contributed by atoms with van der Waals surface area (Å²) in [4.78, 5) is 24.1. The summed E-state index contributed by atoms with van der Waals surface area (Å²) in [5.41, 5.74) is 7.33. The molecule has 124 valence electrons. The summed E-state index contributed by atoms with van der Waals surface area (Å²) in [6.45, 7) is 0.334. The van der Waals surface area contributed by atoms with Crippen LogP contribution in [0.3, 0.4) is 0 Å². The third-order valence-electron chi connectivity index (χ3n) is 3.87. The van der Waals surface area contributed by atoms with Crippen molar-refractivity contribution in [1.82, 2.24) is 15.1 Å². The molecular formula is C16H18N6O2. The number of nitrogens with one attached hydrogen (secondary N) is 1. The Kier molecular flexibility index (Phi) is 4.28. The van der Waals surface area contributed by atoms with Crippen molar-refractivity contribution in [3.05, 3.63) is 48.3 Å². The molecule has 24 heavy (non-hydrogen) atoms. The number of carbonyl (C=O) groups is 2. The molecule has 0 bridgehead atoms. The van der Waals surface area contributed by atoms with Gasteiger partial charge < -0.3 is 11.1 Å². The van der Waals surface area contributed by atoms with E-state index in [1.165, 1.54) is 5.01 Å². The molecule has 0 unspecified atom stereocenters. The van der Waals surface area contributed by atoms with Gasteiger partial charge in [-0.15, -0.1) is 0 Å². The number of nitrogens with two attached hydrogens (primary N) is 1. The number of carbonyl (C=O) groups excluding carboxylic acids is 2. The van der Waals surface area contributed by atoms with E-state index in [-0.39, 0.29) is 18.0 Å². The van der Waals surface area contributed by atoms with Gasteiger partial charge in [0.2, 0.25) is 5.91 Å². The highest BCUT2D eigenvalue weighted by atomic mass is 16.2. The SMILES string of the molecule is Cn1nccc1CNC(=O)C1=NN(c2ccccc2)[C@@H](C(N)=O)C1. The molecule has 3 N–H and O–H groups in total. The van der Waals surface area contributed by atoms with Crippen LogP contribution in [0.4, 0.5) is 5.69 Å². The lowest BCUT2D eigenvalue weighted by molar-refractivity contribution is -0.119. The van der Waals surface area contributed by atoms with Gasteiger partial charge in [-0.1, -0.05) is 18.2 Å². The second-order valence-corrected chi connectivity index (χ2v) is 5.48. The lowest BCUT2D eigenvalue weighted by atomic mass is 10.1. The third-order valence-corrected chi connectivity index (χ3v) is 3.87. The van der Waals surface area contributed by atoms with E-state index >= 15 is 0 Å². The van der Waals surface area contributed by atoms with Gasteiger partial charge in [-0.2, -0.15) is 10.2 Å². The highest BCUT2D eigenvalue weighted by Gasteiger charge is 2.34. The lowest BCUT2D eigenvalue weighted by Gasteiger charge is -2.20. The van der Waals surface area contributed by atoms with Gasteiger partial charge in [0.1, 0.15) is 11.8 Å². The van der Waals surface area contributed by atoms with E-state index in [9.17, 15) is 9.59 Å². The van der Waals surface area contributed by atoms with Gasteiger partial charge in [0.05, 0.1) is 17.9 Å². The zero-order valence-corrected chi connectivity index (χ0v) is 13.2. The number of para-hydroxylation sites is 1. The second kappa shape index (κ2) is 6.53. The minimum atomic E-state index is -0.662. The van der Waals surface area contributed by atoms with Crippen LogP contribution in [0.15, 0.2) is 47.7 Å². The number of hydrogen-bond acceptors (Lipinski definition) is 5. The van der Waals surface area contributed by atoms with Crippen LogP contribution in [0.1, 0.15) is 12.1 Å². The molecule has 1 atom stereocenters. The summed E-state index contributed by atoms with van der Waals surface area (Å²) in [5.74, 6) is -0.835. The van der Waals surface area contributed by atoms with Crippen LogP contribution in [0.5, 0.6) is 0 Å². The maximum absolute atomic E-state index is 12.3. The van der Waals surface area contributed by atoms with E-state index < -0.39 is 11.9 Å². The summed E-state index contributed by atoms with van der Waals surface area (Å²) < 4.78 is 1.68. The number of primary amides is 1. The fraction of sp³-hybridized carbons (Fsp3) is 0.250. The largest absolute Gasteiger partial charge is 0.368 e. The summed E-state index contributed by atoms with van der Waals surface area (Å²) in [7, 11) is 1.80. The van der Waals surface area contributed by atoms with Crippen LogP contribution in [-0.2, 0) is 23.2 Å². The highest BCUT2D eigenvalue weighted by molar-refractivity contribution is 6.40. The van der Waals surface area contributed by atoms with Crippen molar-refractivity contribution in [1.29, 1.82) is 0 Å². The number of hydrazone groups is 1. The average Bonchev–Trinajstić information content (AvgIpc) is 3.20. The summed E-state index contributed by atoms with van der Waals surface area (Å²) >= 11 is 0. The summed E-state index contributed by atoms with van der Waals surface area (Å²) in [6.07, 6.45) is 1.84. The van der Waals surface area contributed by atoms with Crippen LogP contribution in [0.25, 0.3) is 0 Å². The monoisotopic (exact) mass is 326 g/mol. The van der Waals surface area contributed by atoms with Gasteiger partial charge in [-0.3, -0.25) is 19.3 Å². The molecule has 2 aromatic rings. The first-order chi connectivity index (χ1) is 11.6. The van der Waals surface area contributed by atoms with Crippen LogP contribution in [-0.4, -0.2) is 33.3 Å². The topological polar surface area (TPSA) is 106 Å². The Morgan fingerprint density at radius 3 is 2.67 bits per heavy atom. The molecule has 1 aliphatic rings. The molecule has 2 amide bonds. The van der Waals surface area contributed by atoms with Gasteiger partial charge in [-0.25, -0.2) is 0 Å². The molecule has 0 spiro atoms. The third kappa shape index (κ3) is 3.12. The van der Waals surface area contributed by atoms with E-state index in [0.717, 1.165) is 11.4 Å². The van der Waals surface area contributed by atoms with Gasteiger partial charge in [0.15, 0.2) is 0 Å². The predicted molar refractivity (Wildman–Crippen MR) is 89.0 cm³/mol. The molecule has 1 aromatic heterocycles. The zero-order valence-electron chi connectivity index (χ0n) is 13.2. The molecule has 8 heteroatoms. The molecule has 0 radical (unpaired) electrons. The Balaban J connectivity index is 1.74. The van der Waals surface area contributed by atoms with E-state index in [4.69, 9.17) is 5.73 Å². The number of aromatic nitrogens is 2. The van der Waals surface area contributed by atoms with Gasteiger partial charge >= 0.3 is 0 Å². The number of rotatable bonds is 5. The van der Waals surface area contributed by atoms with Gasteiger partial charge in [0.25, 0.3) is 5.91 Å². The van der Waals surface area contributed by atoms with Crippen molar-refractivity contribution < 1.29 is 9.59 Å². The number of aryl methyl sites for hydroxylation is 1. The minimum absolute atomic E-state index is 0.182. The van der Waals surface area contributed by atoms with Crippen LogP contribution >= 0.6 is 0 Å². The smallest absolute Gasteiger partial charge is 0.267 e. The van der Waals surface area contributed by atoms with E-state index in [2.05, 4.69) is 15.5 Å². The molecule has 1 aliphatic heterocycles. The number of hydrogen-bond donors (Lipinski definition) is 2.